The molecule has 1 aliphatic carbocycles. The SMILES string of the molecule is CC(C)(C)n1nc(-c2noc(C3CC3)c2-c2ncc(CCOCCCC(=O)N3CCC(CN4CC5(C4)CN(c4ccc(NC6CCC(=O)NC6=O)cc4F)C5)CC3)cn2)c2c(N)ncnc21. The summed E-state index contributed by atoms with van der Waals surface area (Å²) in [5.41, 5.74) is 10.7. The number of ether oxygens (including phenoxy) is 1. The van der Waals surface area contributed by atoms with E-state index in [9.17, 15) is 14.4 Å². The molecule has 5 aromatic rings. The molecule has 18 nitrogen and oxygen atoms in total. The van der Waals surface area contributed by atoms with Crippen molar-refractivity contribution in [3.05, 3.63) is 54.1 Å². The Labute approximate surface area is 382 Å². The molecule has 4 saturated heterocycles. The number of benzene rings is 1. The van der Waals surface area contributed by atoms with Gasteiger partial charge in [-0.05, 0) is 95.4 Å². The second kappa shape index (κ2) is 17.6. The highest BCUT2D eigenvalue weighted by atomic mass is 19.1. The van der Waals surface area contributed by atoms with E-state index in [4.69, 9.17) is 30.1 Å². The lowest BCUT2D eigenvalue weighted by atomic mass is 9.72. The zero-order valence-corrected chi connectivity index (χ0v) is 37.9. The highest BCUT2D eigenvalue weighted by Gasteiger charge is 2.52. The molecule has 4 N–H and O–H groups in total. The van der Waals surface area contributed by atoms with E-state index in [0.717, 1.165) is 82.8 Å². The number of nitrogens with one attached hydrogen (secondary N) is 2. The number of nitrogens with two attached hydrogens (primary N) is 1. The molecule has 3 amide bonds. The summed E-state index contributed by atoms with van der Waals surface area (Å²) in [5, 5.41) is 15.4. The number of likely N-dealkylation sites (tertiary alicyclic amines) is 2. The van der Waals surface area contributed by atoms with Gasteiger partial charge in [-0.3, -0.25) is 19.7 Å². The Kier molecular flexibility index (Phi) is 11.7. The number of carbonyl (C=O) groups is 3. The summed E-state index contributed by atoms with van der Waals surface area (Å²) in [5.74, 6) is 1.61. The van der Waals surface area contributed by atoms with Crippen LogP contribution in [0.4, 0.5) is 21.6 Å². The first kappa shape index (κ1) is 43.8. The minimum absolute atomic E-state index is 0.192. The van der Waals surface area contributed by atoms with E-state index in [1.54, 1.807) is 12.1 Å². The summed E-state index contributed by atoms with van der Waals surface area (Å²) in [6, 6.07) is 4.46. The van der Waals surface area contributed by atoms with Crippen LogP contribution in [0.3, 0.4) is 0 Å². The number of halogens is 1. The summed E-state index contributed by atoms with van der Waals surface area (Å²) < 4.78 is 28.9. The van der Waals surface area contributed by atoms with Crippen molar-refractivity contribution in [1.29, 1.82) is 0 Å². The van der Waals surface area contributed by atoms with Crippen molar-refractivity contribution in [2.75, 3.05) is 75.0 Å². The lowest BCUT2D eigenvalue weighted by molar-refractivity contribution is -0.134. The summed E-state index contributed by atoms with van der Waals surface area (Å²) in [6.45, 7) is 13.4. The Hall–Kier alpha value is -6.08. The standard InChI is InChI=1S/C47H58FN13O5/c1-46(2,3)61-44-38(42(49)52-27-53-44)39(56-61)40-37(41(66-57-40)30-6-7-30)43-50-20-29(21-51-43)14-18-65-17-4-5-36(63)59-15-12-28(13-16-59)22-58-23-47(24-58)25-60(26-47)34-10-8-31(19-32(34)48)54-33-9-11-35(62)55-45(33)64/h8,10,19-21,27-28,30,33,54H,4-7,9,11-18,22-26H2,1-3H3,(H2,49,52,53)(H,55,62,64). The number of rotatable bonds is 15. The maximum Gasteiger partial charge on any atom is 0.249 e. The van der Waals surface area contributed by atoms with E-state index >= 15 is 4.39 Å². The fourth-order valence-electron chi connectivity index (χ4n) is 10.1. The molecule has 10 rings (SSSR count). The molecule has 348 valence electrons. The summed E-state index contributed by atoms with van der Waals surface area (Å²) >= 11 is 0. The maximum atomic E-state index is 15.1. The second-order valence-electron chi connectivity index (χ2n) is 20.0. The predicted octanol–water partition coefficient (Wildman–Crippen LogP) is 4.91. The topological polar surface area (TPSA) is 216 Å². The first-order valence-electron chi connectivity index (χ1n) is 23.3. The highest BCUT2D eigenvalue weighted by Crippen LogP contribution is 2.48. The monoisotopic (exact) mass is 903 g/mol. The zero-order valence-electron chi connectivity index (χ0n) is 37.9. The minimum atomic E-state index is -0.548. The minimum Gasteiger partial charge on any atom is -0.383 e. The average molecular weight is 904 g/mol. The molecular formula is C47H58FN13O5. The lowest BCUT2D eigenvalue weighted by Crippen LogP contribution is -2.72. The Morgan fingerprint density at radius 2 is 1.77 bits per heavy atom. The smallest absolute Gasteiger partial charge is 0.249 e. The van der Waals surface area contributed by atoms with Gasteiger partial charge in [0.25, 0.3) is 0 Å². The number of fused-ring (bicyclic) bond motifs is 1. The normalized spacial score (nSPS) is 20.2. The van der Waals surface area contributed by atoms with Crippen molar-refractivity contribution in [1.82, 2.24) is 50.0 Å². The Bertz CT molecular complexity index is 2620. The zero-order chi connectivity index (χ0) is 45.7. The summed E-state index contributed by atoms with van der Waals surface area (Å²) in [7, 11) is 0. The molecule has 66 heavy (non-hydrogen) atoms. The van der Waals surface area contributed by atoms with Gasteiger partial charge in [0.15, 0.2) is 17.2 Å². The molecule has 19 heteroatoms. The van der Waals surface area contributed by atoms with Gasteiger partial charge >= 0.3 is 0 Å². The van der Waals surface area contributed by atoms with E-state index in [2.05, 4.69) is 56.3 Å². The van der Waals surface area contributed by atoms with E-state index in [1.165, 1.54) is 12.4 Å². The number of hydrogen-bond acceptors (Lipinski definition) is 15. The van der Waals surface area contributed by atoms with Gasteiger partial charge in [-0.25, -0.2) is 29.0 Å². The number of aromatic nitrogens is 7. The first-order valence-corrected chi connectivity index (χ1v) is 23.3. The Morgan fingerprint density at radius 3 is 2.48 bits per heavy atom. The van der Waals surface area contributed by atoms with Gasteiger partial charge < -0.3 is 35.0 Å². The lowest BCUT2D eigenvalue weighted by Gasteiger charge is -2.61. The third-order valence-corrected chi connectivity index (χ3v) is 13.7. The van der Waals surface area contributed by atoms with Crippen LogP contribution in [-0.2, 0) is 31.1 Å². The van der Waals surface area contributed by atoms with Crippen molar-refractivity contribution in [3.63, 3.8) is 0 Å². The number of nitrogens with zero attached hydrogens (tertiary/aromatic N) is 10. The van der Waals surface area contributed by atoms with Crippen LogP contribution in [0.1, 0.15) is 89.4 Å². The Balaban J connectivity index is 0.627. The molecule has 1 saturated carbocycles. The van der Waals surface area contributed by atoms with E-state index in [-0.39, 0.29) is 46.8 Å². The van der Waals surface area contributed by atoms with Gasteiger partial charge in [0, 0.05) is 94.7 Å². The number of hydrogen-bond donors (Lipinski definition) is 3. The van der Waals surface area contributed by atoms with Crippen molar-refractivity contribution in [2.24, 2.45) is 11.3 Å². The van der Waals surface area contributed by atoms with Crippen molar-refractivity contribution in [3.8, 4) is 22.8 Å². The van der Waals surface area contributed by atoms with Gasteiger partial charge in [0.1, 0.15) is 35.4 Å². The van der Waals surface area contributed by atoms with Gasteiger partial charge in [-0.2, -0.15) is 5.10 Å². The van der Waals surface area contributed by atoms with Gasteiger partial charge in [-0.15, -0.1) is 0 Å². The third-order valence-electron chi connectivity index (χ3n) is 13.7. The molecule has 0 radical (unpaired) electrons. The van der Waals surface area contributed by atoms with E-state index < -0.39 is 6.04 Å². The summed E-state index contributed by atoms with van der Waals surface area (Å²) in [6.07, 6.45) is 11.5. The molecule has 1 atom stereocenters. The highest BCUT2D eigenvalue weighted by molar-refractivity contribution is 6.02. The first-order chi connectivity index (χ1) is 31.8. The molecule has 0 bridgehead atoms. The summed E-state index contributed by atoms with van der Waals surface area (Å²) in [4.78, 5) is 61.5. The Morgan fingerprint density at radius 1 is 1.00 bits per heavy atom. The quantitative estimate of drug-likeness (QED) is 0.0940. The van der Waals surface area contributed by atoms with Gasteiger partial charge in [0.2, 0.25) is 17.7 Å². The number of carbonyl (C=O) groups excluding carboxylic acids is 3. The van der Waals surface area contributed by atoms with Gasteiger partial charge in [-0.1, -0.05) is 5.16 Å². The third kappa shape index (κ3) is 8.94. The molecular weight excluding hydrogens is 846 g/mol. The molecule has 4 aliphatic heterocycles. The largest absolute Gasteiger partial charge is 0.383 e. The molecule has 8 heterocycles. The number of imide groups is 1. The van der Waals surface area contributed by atoms with Crippen LogP contribution in [0.15, 0.2) is 41.4 Å². The number of amides is 3. The van der Waals surface area contributed by atoms with Gasteiger partial charge in [0.05, 0.1) is 28.8 Å². The fourth-order valence-corrected chi connectivity index (χ4v) is 10.1. The van der Waals surface area contributed by atoms with Crippen molar-refractivity contribution >= 4 is 45.9 Å². The number of piperidine rings is 2. The maximum absolute atomic E-state index is 15.1. The van der Waals surface area contributed by atoms with Crippen LogP contribution in [0.25, 0.3) is 33.8 Å². The number of nitrogen functional groups attached to an aromatic ring is 1. The van der Waals surface area contributed by atoms with E-state index in [0.29, 0.717) is 95.8 Å². The molecule has 1 spiro atoms. The van der Waals surface area contributed by atoms with Crippen molar-refractivity contribution in [2.45, 2.75) is 96.1 Å². The van der Waals surface area contributed by atoms with Crippen LogP contribution in [0.5, 0.6) is 0 Å². The van der Waals surface area contributed by atoms with Crippen LogP contribution >= 0.6 is 0 Å². The van der Waals surface area contributed by atoms with Crippen LogP contribution < -0.4 is 21.3 Å². The molecule has 4 aromatic heterocycles. The van der Waals surface area contributed by atoms with Crippen LogP contribution in [0.2, 0.25) is 0 Å². The molecule has 1 unspecified atom stereocenters. The molecule has 1 aromatic carbocycles. The van der Waals surface area contributed by atoms with Crippen LogP contribution in [-0.4, -0.2) is 127 Å². The molecule has 5 fully saturated rings. The fraction of sp³-hybridized carbons (Fsp3) is 0.553. The second-order valence-corrected chi connectivity index (χ2v) is 20.0. The van der Waals surface area contributed by atoms with Crippen LogP contribution in [0, 0.1) is 17.2 Å². The van der Waals surface area contributed by atoms with Crippen molar-refractivity contribution < 1.29 is 28.0 Å². The average Bonchev–Trinajstić information content (AvgIpc) is 3.88. The molecule has 5 aliphatic rings. The van der Waals surface area contributed by atoms with E-state index in [1.807, 2.05) is 22.0 Å². The predicted molar refractivity (Wildman–Crippen MR) is 244 cm³/mol. The number of anilines is 3.